The van der Waals surface area contributed by atoms with Crippen molar-refractivity contribution in [1.29, 1.82) is 0 Å². The molecule has 0 bridgehead atoms. The Labute approximate surface area is 96.5 Å². The Hall–Kier alpha value is -1.04. The molecule has 0 aliphatic rings. The van der Waals surface area contributed by atoms with Gasteiger partial charge >= 0.3 is 0 Å². The maximum atomic E-state index is 11.5. The minimum Gasteiger partial charge on any atom is -0.399 e. The van der Waals surface area contributed by atoms with Crippen LogP contribution in [-0.4, -0.2) is 12.5 Å². The number of benzene rings is 1. The number of hydrogen-bond donors (Lipinski definition) is 2. The maximum Gasteiger partial charge on any atom is 0.251 e. The number of halogens is 1. The van der Waals surface area contributed by atoms with E-state index in [2.05, 4.69) is 34.5 Å². The zero-order valence-corrected chi connectivity index (χ0v) is 9.74. The Morgan fingerprint density at radius 1 is 1.57 bits per heavy atom. The van der Waals surface area contributed by atoms with Crippen LogP contribution in [0.5, 0.6) is 0 Å². The van der Waals surface area contributed by atoms with Gasteiger partial charge in [-0.05, 0) is 40.8 Å². The molecule has 3 N–H and O–H groups in total. The number of nitrogen functional groups attached to an aromatic ring is 1. The van der Waals surface area contributed by atoms with E-state index in [1.807, 2.05) is 6.07 Å². The third-order valence-electron chi connectivity index (χ3n) is 1.59. The van der Waals surface area contributed by atoms with Crippen molar-refractivity contribution in [2.75, 3.05) is 12.3 Å². The molecule has 0 unspecified atom stereocenters. The van der Waals surface area contributed by atoms with Gasteiger partial charge in [0.15, 0.2) is 0 Å². The van der Waals surface area contributed by atoms with Crippen molar-refractivity contribution in [3.8, 4) is 0 Å². The second-order valence-corrected chi connectivity index (χ2v) is 4.02. The number of rotatable bonds is 3. The zero-order valence-electron chi connectivity index (χ0n) is 7.59. The van der Waals surface area contributed by atoms with Gasteiger partial charge in [0.1, 0.15) is 0 Å². The topological polar surface area (TPSA) is 55.1 Å². The van der Waals surface area contributed by atoms with Gasteiger partial charge in [-0.15, -0.1) is 6.58 Å². The highest BCUT2D eigenvalue weighted by molar-refractivity contribution is 14.1. The van der Waals surface area contributed by atoms with Gasteiger partial charge in [-0.2, -0.15) is 0 Å². The zero-order chi connectivity index (χ0) is 10.6. The van der Waals surface area contributed by atoms with E-state index < -0.39 is 0 Å². The van der Waals surface area contributed by atoms with Gasteiger partial charge in [0, 0.05) is 21.4 Å². The lowest BCUT2D eigenvalue weighted by Gasteiger charge is -2.04. The first-order chi connectivity index (χ1) is 6.63. The number of amides is 1. The van der Waals surface area contributed by atoms with E-state index in [1.54, 1.807) is 18.2 Å². The second-order valence-electron chi connectivity index (χ2n) is 2.77. The van der Waals surface area contributed by atoms with Crippen molar-refractivity contribution in [3.05, 3.63) is 40.0 Å². The summed E-state index contributed by atoms with van der Waals surface area (Å²) in [7, 11) is 0. The number of carbonyl (C=O) groups is 1. The van der Waals surface area contributed by atoms with Crippen LogP contribution >= 0.6 is 22.6 Å². The summed E-state index contributed by atoms with van der Waals surface area (Å²) >= 11 is 2.12. The van der Waals surface area contributed by atoms with Crippen LogP contribution < -0.4 is 11.1 Å². The van der Waals surface area contributed by atoms with E-state index in [0.29, 0.717) is 17.8 Å². The Bertz CT molecular complexity index is 343. The molecule has 0 radical (unpaired) electrons. The Morgan fingerprint density at radius 3 is 2.86 bits per heavy atom. The maximum absolute atomic E-state index is 11.5. The van der Waals surface area contributed by atoms with Crippen LogP contribution in [0.1, 0.15) is 10.4 Å². The third-order valence-corrected chi connectivity index (χ3v) is 2.21. The molecule has 0 atom stereocenters. The van der Waals surface area contributed by atoms with Crippen LogP contribution in [0.4, 0.5) is 5.69 Å². The van der Waals surface area contributed by atoms with E-state index in [9.17, 15) is 4.79 Å². The van der Waals surface area contributed by atoms with Crippen molar-refractivity contribution in [3.63, 3.8) is 0 Å². The molecule has 0 spiro atoms. The lowest BCUT2D eigenvalue weighted by atomic mass is 10.2. The van der Waals surface area contributed by atoms with Crippen molar-refractivity contribution in [1.82, 2.24) is 5.32 Å². The monoisotopic (exact) mass is 302 g/mol. The molecule has 4 heteroatoms. The SMILES string of the molecule is C=CCNC(=O)c1cc(N)cc(I)c1. The largest absolute Gasteiger partial charge is 0.399 e. The van der Waals surface area contributed by atoms with Crippen LogP contribution in [0.3, 0.4) is 0 Å². The van der Waals surface area contributed by atoms with E-state index in [1.165, 1.54) is 0 Å². The van der Waals surface area contributed by atoms with Crippen LogP contribution in [0.2, 0.25) is 0 Å². The lowest BCUT2D eigenvalue weighted by Crippen LogP contribution is -2.23. The van der Waals surface area contributed by atoms with Gasteiger partial charge in [0.25, 0.3) is 5.91 Å². The van der Waals surface area contributed by atoms with Crippen LogP contribution in [0.15, 0.2) is 30.9 Å². The summed E-state index contributed by atoms with van der Waals surface area (Å²) in [5.74, 6) is -0.130. The van der Waals surface area contributed by atoms with Crippen LogP contribution in [0, 0.1) is 3.57 Å². The molecule has 0 fully saturated rings. The molecular formula is C10H11IN2O. The summed E-state index contributed by atoms with van der Waals surface area (Å²) in [5.41, 5.74) is 6.80. The molecule has 0 aromatic heterocycles. The minimum atomic E-state index is -0.130. The molecule has 0 aliphatic carbocycles. The summed E-state index contributed by atoms with van der Waals surface area (Å²) < 4.78 is 0.950. The highest BCUT2D eigenvalue weighted by atomic mass is 127. The number of hydrogen-bond acceptors (Lipinski definition) is 2. The second kappa shape index (κ2) is 4.99. The molecule has 0 aliphatic heterocycles. The number of carbonyl (C=O) groups excluding carboxylic acids is 1. The van der Waals surface area contributed by atoms with Gasteiger partial charge in [0.2, 0.25) is 0 Å². The fourth-order valence-corrected chi connectivity index (χ4v) is 1.71. The molecule has 3 nitrogen and oxygen atoms in total. The van der Waals surface area contributed by atoms with Crippen molar-refractivity contribution >= 4 is 34.2 Å². The first kappa shape index (κ1) is 11.0. The predicted octanol–water partition coefficient (Wildman–Crippen LogP) is 1.79. The summed E-state index contributed by atoms with van der Waals surface area (Å²) in [4.78, 5) is 11.5. The van der Waals surface area contributed by atoms with Gasteiger partial charge in [-0.3, -0.25) is 4.79 Å². The molecule has 1 rings (SSSR count). The number of anilines is 1. The first-order valence-electron chi connectivity index (χ1n) is 4.08. The summed E-state index contributed by atoms with van der Waals surface area (Å²) in [6.45, 7) is 3.98. The van der Waals surface area contributed by atoms with E-state index in [4.69, 9.17) is 5.73 Å². The molecule has 1 aromatic carbocycles. The molecule has 0 saturated heterocycles. The lowest BCUT2D eigenvalue weighted by molar-refractivity contribution is 0.0958. The standard InChI is InChI=1S/C10H11IN2O/c1-2-3-13-10(14)7-4-8(11)6-9(12)5-7/h2,4-6H,1,3,12H2,(H,13,14). The molecule has 14 heavy (non-hydrogen) atoms. The highest BCUT2D eigenvalue weighted by Crippen LogP contribution is 2.13. The van der Waals surface area contributed by atoms with Crippen LogP contribution in [0.25, 0.3) is 0 Å². The first-order valence-corrected chi connectivity index (χ1v) is 5.16. The third kappa shape index (κ3) is 3.02. The molecular weight excluding hydrogens is 291 g/mol. The minimum absolute atomic E-state index is 0.130. The molecule has 0 saturated carbocycles. The quantitative estimate of drug-likeness (QED) is 0.508. The highest BCUT2D eigenvalue weighted by Gasteiger charge is 2.05. The van der Waals surface area contributed by atoms with E-state index in [0.717, 1.165) is 3.57 Å². The van der Waals surface area contributed by atoms with Gasteiger partial charge < -0.3 is 11.1 Å². The normalized spacial score (nSPS) is 9.50. The summed E-state index contributed by atoms with van der Waals surface area (Å²) in [6.07, 6.45) is 1.63. The average molecular weight is 302 g/mol. The summed E-state index contributed by atoms with van der Waals surface area (Å²) in [6, 6.07) is 5.25. The van der Waals surface area contributed by atoms with Gasteiger partial charge in [-0.1, -0.05) is 6.08 Å². The smallest absolute Gasteiger partial charge is 0.251 e. The van der Waals surface area contributed by atoms with E-state index >= 15 is 0 Å². The van der Waals surface area contributed by atoms with Crippen molar-refractivity contribution in [2.45, 2.75) is 0 Å². The Morgan fingerprint density at radius 2 is 2.29 bits per heavy atom. The fourth-order valence-electron chi connectivity index (χ4n) is 1.01. The van der Waals surface area contributed by atoms with Crippen molar-refractivity contribution in [2.24, 2.45) is 0 Å². The molecule has 1 amide bonds. The number of nitrogens with two attached hydrogens (primary N) is 1. The number of nitrogens with one attached hydrogen (secondary N) is 1. The Balaban J connectivity index is 2.84. The molecule has 0 heterocycles. The molecule has 1 aromatic rings. The predicted molar refractivity (Wildman–Crippen MR) is 66.1 cm³/mol. The Kier molecular flexibility index (Phi) is 3.94. The van der Waals surface area contributed by atoms with E-state index in [-0.39, 0.29) is 5.91 Å². The van der Waals surface area contributed by atoms with Gasteiger partial charge in [0.05, 0.1) is 0 Å². The van der Waals surface area contributed by atoms with Gasteiger partial charge in [-0.25, -0.2) is 0 Å². The van der Waals surface area contributed by atoms with Crippen molar-refractivity contribution < 1.29 is 4.79 Å². The van der Waals surface area contributed by atoms with Crippen LogP contribution in [-0.2, 0) is 0 Å². The fraction of sp³-hybridized carbons (Fsp3) is 0.100. The summed E-state index contributed by atoms with van der Waals surface area (Å²) in [5, 5.41) is 2.69. The molecule has 74 valence electrons. The average Bonchev–Trinajstić information content (AvgIpc) is 2.12.